The van der Waals surface area contributed by atoms with Gasteiger partial charge in [0.05, 0.1) is 23.6 Å². The first-order chi connectivity index (χ1) is 14.3. The van der Waals surface area contributed by atoms with E-state index in [-0.39, 0.29) is 35.5 Å². The van der Waals surface area contributed by atoms with Crippen molar-refractivity contribution < 1.29 is 9.59 Å². The maximum Gasteiger partial charge on any atom is 0.254 e. The summed E-state index contributed by atoms with van der Waals surface area (Å²) >= 11 is 1.59. The van der Waals surface area contributed by atoms with Crippen molar-refractivity contribution in [1.29, 1.82) is 5.26 Å². The molecule has 2 aromatic heterocycles. The van der Waals surface area contributed by atoms with Crippen LogP contribution in [0.5, 0.6) is 0 Å². The first-order valence-electron chi connectivity index (χ1n) is 10.1. The molecule has 2 aromatic rings. The van der Waals surface area contributed by atoms with E-state index in [9.17, 15) is 14.9 Å². The molecule has 4 unspecified atom stereocenters. The fraction of sp³-hybridized carbons (Fsp3) is 0.391. The minimum absolute atomic E-state index is 0.177. The summed E-state index contributed by atoms with van der Waals surface area (Å²) in [6.07, 6.45) is 6.67. The van der Waals surface area contributed by atoms with Crippen LogP contribution in [0.4, 0.5) is 0 Å². The number of aryl methyl sites for hydroxylation is 2. The monoisotopic (exact) mass is 418 g/mol. The predicted octanol–water partition coefficient (Wildman–Crippen LogP) is 3.79. The number of imide groups is 1. The Balaban J connectivity index is 1.48. The number of rotatable bonds is 3. The molecule has 2 fully saturated rings. The zero-order chi connectivity index (χ0) is 21.3. The Labute approximate surface area is 179 Å². The van der Waals surface area contributed by atoms with Crippen molar-refractivity contribution in [1.82, 2.24) is 9.58 Å². The lowest BCUT2D eigenvalue weighted by atomic mass is 9.85. The summed E-state index contributed by atoms with van der Waals surface area (Å²) in [6.45, 7) is 7.93. The topological polar surface area (TPSA) is 78.5 Å². The Morgan fingerprint density at radius 1 is 1.13 bits per heavy atom. The molecular formula is C23H22N4O2S. The number of hydrogen-bond acceptors (Lipinski definition) is 5. The van der Waals surface area contributed by atoms with E-state index in [1.165, 1.54) is 0 Å². The Morgan fingerprint density at radius 2 is 1.77 bits per heavy atom. The average Bonchev–Trinajstić information content (AvgIpc) is 3.48. The van der Waals surface area contributed by atoms with Gasteiger partial charge in [-0.25, -0.2) is 0 Å². The molecule has 0 N–H and O–H groups in total. The number of carbonyl (C=O) groups is 2. The van der Waals surface area contributed by atoms with Crippen molar-refractivity contribution >= 4 is 29.4 Å². The molecule has 30 heavy (non-hydrogen) atoms. The highest BCUT2D eigenvalue weighted by Crippen LogP contribution is 2.52. The van der Waals surface area contributed by atoms with Crippen LogP contribution in [0.1, 0.15) is 39.4 Å². The Kier molecular flexibility index (Phi) is 4.13. The van der Waals surface area contributed by atoms with Crippen molar-refractivity contribution in [2.45, 2.75) is 34.1 Å². The van der Waals surface area contributed by atoms with E-state index < -0.39 is 0 Å². The van der Waals surface area contributed by atoms with Gasteiger partial charge >= 0.3 is 0 Å². The van der Waals surface area contributed by atoms with Crippen LogP contribution in [0.2, 0.25) is 0 Å². The van der Waals surface area contributed by atoms with Crippen LogP contribution in [0, 0.1) is 62.7 Å². The number of nitriles is 1. The number of nitrogens with zero attached hydrogens (tertiary/aromatic N) is 4. The van der Waals surface area contributed by atoms with E-state index in [2.05, 4.69) is 27.9 Å². The molecule has 5 rings (SSSR count). The van der Waals surface area contributed by atoms with Gasteiger partial charge in [-0.15, -0.1) is 11.3 Å². The minimum atomic E-state index is -0.243. The number of carbonyl (C=O) groups excluding carboxylic acids is 2. The molecule has 2 aliphatic carbocycles. The van der Waals surface area contributed by atoms with E-state index in [0.717, 1.165) is 43.8 Å². The van der Waals surface area contributed by atoms with E-state index >= 15 is 0 Å². The molecule has 1 aliphatic heterocycles. The highest BCUT2D eigenvalue weighted by molar-refractivity contribution is 7.14. The van der Waals surface area contributed by atoms with Crippen LogP contribution in [-0.2, 0) is 9.59 Å². The normalized spacial score (nSPS) is 27.0. The third-order valence-electron chi connectivity index (χ3n) is 6.91. The number of fused-ring (bicyclic) bond motifs is 5. The molecule has 3 heterocycles. The van der Waals surface area contributed by atoms with Gasteiger partial charge in [0.2, 0.25) is 0 Å². The minimum Gasteiger partial charge on any atom is -0.308 e. The summed E-state index contributed by atoms with van der Waals surface area (Å²) in [6, 6.07) is 4.30. The molecule has 7 heteroatoms. The fourth-order valence-corrected chi connectivity index (χ4v) is 6.47. The highest BCUT2D eigenvalue weighted by Gasteiger charge is 2.59. The maximum atomic E-state index is 12.8. The summed E-state index contributed by atoms with van der Waals surface area (Å²) in [5, 5.41) is 15.9. The summed E-state index contributed by atoms with van der Waals surface area (Å²) < 4.78 is 2.05. The highest BCUT2D eigenvalue weighted by atomic mass is 32.1. The van der Waals surface area contributed by atoms with Gasteiger partial charge in [0.1, 0.15) is 11.1 Å². The molecule has 4 atom stereocenters. The Hall–Kier alpha value is -2.98. The summed E-state index contributed by atoms with van der Waals surface area (Å²) in [7, 11) is 0. The Bertz CT molecular complexity index is 1180. The molecule has 1 saturated heterocycles. The third kappa shape index (κ3) is 2.43. The molecule has 0 spiro atoms. The van der Waals surface area contributed by atoms with Crippen LogP contribution in [-0.4, -0.2) is 27.6 Å². The summed E-state index contributed by atoms with van der Waals surface area (Å²) in [5.41, 5.74) is 4.42. The van der Waals surface area contributed by atoms with Crippen LogP contribution >= 0.6 is 11.3 Å². The molecule has 0 radical (unpaired) electrons. The first-order valence-corrected chi connectivity index (χ1v) is 10.9. The second-order valence-electron chi connectivity index (χ2n) is 8.47. The lowest BCUT2D eigenvalue weighted by Crippen LogP contribution is -2.28. The molecule has 152 valence electrons. The van der Waals surface area contributed by atoms with E-state index in [1.54, 1.807) is 17.6 Å². The van der Waals surface area contributed by atoms with Gasteiger partial charge in [0.15, 0.2) is 0 Å². The average molecular weight is 419 g/mol. The lowest BCUT2D eigenvalue weighted by molar-refractivity contribution is -0.140. The van der Waals surface area contributed by atoms with Gasteiger partial charge < -0.3 is 4.57 Å². The number of thiophene rings is 1. The molecule has 3 aliphatic rings. The van der Waals surface area contributed by atoms with Crippen molar-refractivity contribution in [2.24, 2.45) is 28.8 Å². The Morgan fingerprint density at radius 3 is 2.37 bits per heavy atom. The SMILES string of the molecule is Cc1sc(-n2c(C)cc(C=NN3C(=O)C4C5C=CC(C5)C4C3=O)c2C)c(C#N)c1C. The molecule has 0 aromatic carbocycles. The molecule has 2 bridgehead atoms. The summed E-state index contributed by atoms with van der Waals surface area (Å²) in [4.78, 5) is 26.8. The predicted molar refractivity (Wildman–Crippen MR) is 114 cm³/mol. The number of allylic oxidation sites excluding steroid dienone is 2. The van der Waals surface area contributed by atoms with Crippen molar-refractivity contribution in [3.8, 4) is 11.1 Å². The van der Waals surface area contributed by atoms with Crippen molar-refractivity contribution in [2.75, 3.05) is 0 Å². The van der Waals surface area contributed by atoms with Crippen LogP contribution in [0.15, 0.2) is 23.3 Å². The number of aromatic nitrogens is 1. The second-order valence-corrected chi connectivity index (χ2v) is 9.67. The molecule has 2 amide bonds. The van der Waals surface area contributed by atoms with Gasteiger partial charge in [-0.2, -0.15) is 15.4 Å². The second kappa shape index (κ2) is 6.51. The van der Waals surface area contributed by atoms with E-state index in [4.69, 9.17) is 0 Å². The number of hydrogen-bond donors (Lipinski definition) is 0. The van der Waals surface area contributed by atoms with Crippen molar-refractivity contribution in [3.63, 3.8) is 0 Å². The van der Waals surface area contributed by atoms with Crippen LogP contribution < -0.4 is 0 Å². The largest absolute Gasteiger partial charge is 0.308 e. The smallest absolute Gasteiger partial charge is 0.254 e. The third-order valence-corrected chi connectivity index (χ3v) is 8.10. The van der Waals surface area contributed by atoms with Crippen LogP contribution in [0.25, 0.3) is 5.00 Å². The van der Waals surface area contributed by atoms with Crippen molar-refractivity contribution in [3.05, 3.63) is 51.2 Å². The van der Waals surface area contributed by atoms with Gasteiger partial charge in [-0.1, -0.05) is 12.2 Å². The van der Waals surface area contributed by atoms with E-state index in [0.29, 0.717) is 5.56 Å². The van der Waals surface area contributed by atoms with Gasteiger partial charge in [0.25, 0.3) is 11.8 Å². The fourth-order valence-electron chi connectivity index (χ4n) is 5.25. The lowest BCUT2D eigenvalue weighted by Gasteiger charge is -2.13. The van der Waals surface area contributed by atoms with Gasteiger partial charge in [-0.3, -0.25) is 9.59 Å². The maximum absolute atomic E-state index is 12.8. The van der Waals surface area contributed by atoms with E-state index in [1.807, 2.05) is 33.8 Å². The van der Waals surface area contributed by atoms with Gasteiger partial charge in [0, 0.05) is 21.8 Å². The standard InChI is InChI=1S/C23H22N4O2S/c1-11-7-17(13(3)26(11)23-18(9-24)12(2)14(4)30-23)10-25-27-21(28)19-15-5-6-16(8-15)20(19)22(27)29/h5-7,10,15-16,19-20H,8H2,1-4H3. The summed E-state index contributed by atoms with van der Waals surface area (Å²) in [5.74, 6) is -0.487. The quantitative estimate of drug-likeness (QED) is 0.432. The zero-order valence-electron chi connectivity index (χ0n) is 17.3. The molecular weight excluding hydrogens is 396 g/mol. The van der Waals surface area contributed by atoms with Crippen LogP contribution in [0.3, 0.4) is 0 Å². The molecule has 1 saturated carbocycles. The zero-order valence-corrected chi connectivity index (χ0v) is 18.2. The van der Waals surface area contributed by atoms with Gasteiger partial charge in [-0.05, 0) is 57.6 Å². The number of hydrazone groups is 1. The number of amides is 2. The molecule has 6 nitrogen and oxygen atoms in total. The first kappa shape index (κ1) is 19.0.